The van der Waals surface area contributed by atoms with Gasteiger partial charge in [0.2, 0.25) is 10.0 Å². The number of nitrogens with zero attached hydrogens (tertiary/aromatic N) is 3. The van der Waals surface area contributed by atoms with E-state index in [1.54, 1.807) is 12.1 Å². The Morgan fingerprint density at radius 3 is 2.57 bits per heavy atom. The first kappa shape index (κ1) is 20.8. The molecule has 8 heteroatoms. The number of benzene rings is 2. The Hall–Kier alpha value is -1.90. The third-order valence-electron chi connectivity index (χ3n) is 4.63. The van der Waals surface area contributed by atoms with Crippen LogP contribution in [0.2, 0.25) is 0 Å². The maximum Gasteiger partial charge on any atom is 0.242 e. The van der Waals surface area contributed by atoms with E-state index in [0.29, 0.717) is 12.1 Å². The van der Waals surface area contributed by atoms with Crippen molar-refractivity contribution in [2.75, 3.05) is 19.4 Å². The van der Waals surface area contributed by atoms with Gasteiger partial charge in [-0.05, 0) is 55.3 Å². The van der Waals surface area contributed by atoms with Crippen LogP contribution >= 0.6 is 15.9 Å². The zero-order valence-corrected chi connectivity index (χ0v) is 18.9. The summed E-state index contributed by atoms with van der Waals surface area (Å²) in [6, 6.07) is 11.3. The van der Waals surface area contributed by atoms with Crippen LogP contribution in [0.5, 0.6) is 0 Å². The molecule has 28 heavy (non-hydrogen) atoms. The monoisotopic (exact) mass is 464 g/mol. The number of fused-ring (bicyclic) bond motifs is 1. The third kappa shape index (κ3) is 4.09. The smallest absolute Gasteiger partial charge is 0.242 e. The molecule has 0 saturated carbocycles. The molecule has 150 valence electrons. The van der Waals surface area contributed by atoms with Gasteiger partial charge in [-0.1, -0.05) is 22.9 Å². The first-order valence-electron chi connectivity index (χ1n) is 9.15. The van der Waals surface area contributed by atoms with E-state index in [1.165, 1.54) is 18.4 Å². The van der Waals surface area contributed by atoms with Crippen molar-refractivity contribution in [1.82, 2.24) is 13.9 Å². The molecule has 0 aliphatic heterocycles. The summed E-state index contributed by atoms with van der Waals surface area (Å²) >= 11 is 3.52. The van der Waals surface area contributed by atoms with Crippen LogP contribution < -0.4 is 5.32 Å². The number of hydrogen-bond acceptors (Lipinski definition) is 4. The number of nitrogens with one attached hydrogen (secondary N) is 1. The van der Waals surface area contributed by atoms with Crippen LogP contribution in [0.3, 0.4) is 0 Å². The fourth-order valence-electron chi connectivity index (χ4n) is 3.07. The Bertz CT molecular complexity index is 1110. The molecule has 2 aromatic carbocycles. The molecule has 1 aromatic heterocycles. The highest BCUT2D eigenvalue weighted by molar-refractivity contribution is 9.10. The summed E-state index contributed by atoms with van der Waals surface area (Å²) in [6.45, 7) is 5.55. The van der Waals surface area contributed by atoms with Crippen molar-refractivity contribution in [2.45, 2.75) is 38.3 Å². The second-order valence-corrected chi connectivity index (χ2v) is 9.94. The maximum atomic E-state index is 12.4. The lowest BCUT2D eigenvalue weighted by Crippen LogP contribution is -2.22. The van der Waals surface area contributed by atoms with Gasteiger partial charge in [0.15, 0.2) is 0 Å². The lowest BCUT2D eigenvalue weighted by molar-refractivity contribution is 0.521. The molecule has 1 heterocycles. The van der Waals surface area contributed by atoms with Gasteiger partial charge in [0.25, 0.3) is 0 Å². The standard InChI is InChI=1S/C20H25BrN4O2S/c1-5-10-25-19-9-7-16(28(26,27)24(3)4)12-18(19)23-20(25)13-22-15-6-8-17(21)14(2)11-15/h6-9,11-12,22H,5,10,13H2,1-4H3. The Morgan fingerprint density at radius 2 is 1.93 bits per heavy atom. The summed E-state index contributed by atoms with van der Waals surface area (Å²) in [5.74, 6) is 0.886. The number of rotatable bonds is 7. The molecular formula is C20H25BrN4O2S. The predicted molar refractivity (Wildman–Crippen MR) is 117 cm³/mol. The van der Waals surface area contributed by atoms with Crippen molar-refractivity contribution in [3.05, 3.63) is 52.3 Å². The van der Waals surface area contributed by atoms with Crippen LogP contribution in [0.25, 0.3) is 11.0 Å². The van der Waals surface area contributed by atoms with Crippen LogP contribution in [0.15, 0.2) is 45.8 Å². The number of anilines is 1. The number of hydrogen-bond donors (Lipinski definition) is 1. The van der Waals surface area contributed by atoms with Gasteiger partial charge in [-0.3, -0.25) is 0 Å². The molecule has 0 atom stereocenters. The van der Waals surface area contributed by atoms with Crippen molar-refractivity contribution >= 4 is 42.7 Å². The van der Waals surface area contributed by atoms with E-state index in [9.17, 15) is 8.42 Å². The van der Waals surface area contributed by atoms with Gasteiger partial charge >= 0.3 is 0 Å². The average molecular weight is 465 g/mol. The summed E-state index contributed by atoms with van der Waals surface area (Å²) in [6.07, 6.45) is 0.966. The van der Waals surface area contributed by atoms with Crippen LogP contribution in [0.4, 0.5) is 5.69 Å². The zero-order valence-electron chi connectivity index (χ0n) is 16.5. The Morgan fingerprint density at radius 1 is 1.18 bits per heavy atom. The molecule has 0 radical (unpaired) electrons. The fourth-order valence-corrected chi connectivity index (χ4v) is 4.24. The SMILES string of the molecule is CCCn1c(CNc2ccc(Br)c(C)c2)nc2cc(S(=O)(=O)N(C)C)ccc21. The summed E-state index contributed by atoms with van der Waals surface area (Å²) < 4.78 is 29.3. The van der Waals surface area contributed by atoms with Gasteiger partial charge in [0.05, 0.1) is 22.5 Å². The van der Waals surface area contributed by atoms with Crippen LogP contribution in [-0.2, 0) is 23.1 Å². The number of aromatic nitrogens is 2. The van der Waals surface area contributed by atoms with E-state index in [0.717, 1.165) is 40.0 Å². The number of sulfonamides is 1. The van der Waals surface area contributed by atoms with Crippen molar-refractivity contribution < 1.29 is 8.42 Å². The highest BCUT2D eigenvalue weighted by Gasteiger charge is 2.19. The summed E-state index contributed by atoms with van der Waals surface area (Å²) in [7, 11) is -0.419. The van der Waals surface area contributed by atoms with E-state index in [-0.39, 0.29) is 4.90 Å². The molecule has 1 N–H and O–H groups in total. The molecule has 0 fully saturated rings. The second-order valence-electron chi connectivity index (χ2n) is 6.94. The van der Waals surface area contributed by atoms with Crippen molar-refractivity contribution in [1.29, 1.82) is 0 Å². The van der Waals surface area contributed by atoms with Gasteiger partial charge < -0.3 is 9.88 Å². The van der Waals surface area contributed by atoms with E-state index in [1.807, 2.05) is 25.1 Å². The van der Waals surface area contributed by atoms with Crippen molar-refractivity contribution in [3.63, 3.8) is 0 Å². The molecule has 0 spiro atoms. The second kappa shape index (κ2) is 8.23. The van der Waals surface area contributed by atoms with E-state index >= 15 is 0 Å². The number of halogens is 1. The maximum absolute atomic E-state index is 12.4. The molecular weight excluding hydrogens is 440 g/mol. The quantitative estimate of drug-likeness (QED) is 0.563. The van der Waals surface area contributed by atoms with E-state index in [4.69, 9.17) is 4.98 Å². The highest BCUT2D eigenvalue weighted by atomic mass is 79.9. The minimum absolute atomic E-state index is 0.259. The normalized spacial score (nSPS) is 12.1. The minimum Gasteiger partial charge on any atom is -0.378 e. The molecule has 0 amide bonds. The predicted octanol–water partition coefficient (Wildman–Crippen LogP) is 4.38. The molecule has 0 bridgehead atoms. The lowest BCUT2D eigenvalue weighted by atomic mass is 10.2. The van der Waals surface area contributed by atoms with Gasteiger partial charge in [0.1, 0.15) is 5.82 Å². The first-order valence-corrected chi connectivity index (χ1v) is 11.4. The Labute approximate surface area is 174 Å². The van der Waals surface area contributed by atoms with Gasteiger partial charge in [-0.15, -0.1) is 0 Å². The molecule has 0 aliphatic carbocycles. The summed E-state index contributed by atoms with van der Waals surface area (Å²) in [4.78, 5) is 4.99. The molecule has 0 unspecified atom stereocenters. The van der Waals surface area contributed by atoms with Crippen LogP contribution in [0.1, 0.15) is 24.7 Å². The number of aryl methyl sites for hydroxylation is 2. The Kier molecular flexibility index (Phi) is 6.12. The molecule has 3 aromatic rings. The van der Waals surface area contributed by atoms with Crippen molar-refractivity contribution in [3.8, 4) is 0 Å². The topological polar surface area (TPSA) is 67.2 Å². The summed E-state index contributed by atoms with van der Waals surface area (Å²) in [5, 5.41) is 3.42. The van der Waals surface area contributed by atoms with Gasteiger partial charge in [-0.25, -0.2) is 17.7 Å². The highest BCUT2D eigenvalue weighted by Crippen LogP contribution is 2.24. The molecule has 3 rings (SSSR count). The van der Waals surface area contributed by atoms with Gasteiger partial charge in [-0.2, -0.15) is 0 Å². The number of imidazole rings is 1. The lowest BCUT2D eigenvalue weighted by Gasteiger charge is -2.12. The van der Waals surface area contributed by atoms with E-state index in [2.05, 4.69) is 38.8 Å². The minimum atomic E-state index is -3.48. The van der Waals surface area contributed by atoms with Crippen LogP contribution in [0, 0.1) is 6.92 Å². The molecule has 0 aliphatic rings. The molecule has 0 saturated heterocycles. The Balaban J connectivity index is 1.96. The largest absolute Gasteiger partial charge is 0.378 e. The zero-order chi connectivity index (χ0) is 20.5. The van der Waals surface area contributed by atoms with E-state index < -0.39 is 10.0 Å². The fraction of sp³-hybridized carbons (Fsp3) is 0.350. The molecule has 6 nitrogen and oxygen atoms in total. The van der Waals surface area contributed by atoms with Crippen LogP contribution in [-0.4, -0.2) is 36.4 Å². The summed E-state index contributed by atoms with van der Waals surface area (Å²) in [5.41, 5.74) is 3.82. The first-order chi connectivity index (χ1) is 13.2. The van der Waals surface area contributed by atoms with Crippen molar-refractivity contribution in [2.24, 2.45) is 0 Å². The average Bonchev–Trinajstić information content (AvgIpc) is 3.00. The third-order valence-corrected chi connectivity index (χ3v) is 7.33. The van der Waals surface area contributed by atoms with Gasteiger partial charge in [0, 0.05) is 30.8 Å².